The largest absolute Gasteiger partial charge is 0.396 e. The SMILES string of the molecule is Cc1ccccc1Nc1cccc(S(N)(=O)=O)c1N. The van der Waals surface area contributed by atoms with Gasteiger partial charge in [-0.2, -0.15) is 0 Å². The summed E-state index contributed by atoms with van der Waals surface area (Å²) in [6, 6.07) is 12.3. The molecule has 5 N–H and O–H groups in total. The highest BCUT2D eigenvalue weighted by Crippen LogP contribution is 2.29. The van der Waals surface area contributed by atoms with Gasteiger partial charge in [0.15, 0.2) is 0 Å². The molecule has 0 fully saturated rings. The average molecular weight is 277 g/mol. The van der Waals surface area contributed by atoms with E-state index in [0.29, 0.717) is 5.69 Å². The topological polar surface area (TPSA) is 98.2 Å². The summed E-state index contributed by atoms with van der Waals surface area (Å²) in [4.78, 5) is -0.0777. The molecule has 0 saturated carbocycles. The fraction of sp³-hybridized carbons (Fsp3) is 0.0769. The quantitative estimate of drug-likeness (QED) is 0.747. The van der Waals surface area contributed by atoms with Crippen molar-refractivity contribution in [2.24, 2.45) is 5.14 Å². The molecule has 0 atom stereocenters. The van der Waals surface area contributed by atoms with Crippen molar-refractivity contribution in [1.29, 1.82) is 0 Å². The molecule has 0 saturated heterocycles. The number of hydrogen-bond acceptors (Lipinski definition) is 4. The summed E-state index contributed by atoms with van der Waals surface area (Å²) in [5, 5.41) is 8.22. The van der Waals surface area contributed by atoms with E-state index in [1.165, 1.54) is 6.07 Å². The van der Waals surface area contributed by atoms with Gasteiger partial charge in [-0.05, 0) is 30.7 Å². The van der Waals surface area contributed by atoms with E-state index < -0.39 is 10.0 Å². The molecule has 19 heavy (non-hydrogen) atoms. The molecule has 0 unspecified atom stereocenters. The first-order chi connectivity index (χ1) is 8.89. The van der Waals surface area contributed by atoms with E-state index in [4.69, 9.17) is 10.9 Å². The van der Waals surface area contributed by atoms with Gasteiger partial charge in [0.05, 0.1) is 11.4 Å². The molecule has 0 aromatic heterocycles. The maximum atomic E-state index is 11.4. The highest BCUT2D eigenvalue weighted by Gasteiger charge is 2.14. The van der Waals surface area contributed by atoms with Crippen LogP contribution in [0, 0.1) is 6.92 Å². The Hall–Kier alpha value is -2.05. The number of hydrogen-bond donors (Lipinski definition) is 3. The molecule has 5 nitrogen and oxygen atoms in total. The van der Waals surface area contributed by atoms with E-state index in [-0.39, 0.29) is 10.6 Å². The van der Waals surface area contributed by atoms with Crippen molar-refractivity contribution >= 4 is 27.1 Å². The van der Waals surface area contributed by atoms with Crippen LogP contribution in [-0.4, -0.2) is 8.42 Å². The van der Waals surface area contributed by atoms with Gasteiger partial charge in [0.1, 0.15) is 4.90 Å². The molecule has 0 amide bonds. The smallest absolute Gasteiger partial charge is 0.240 e. The number of nitrogens with two attached hydrogens (primary N) is 2. The molecule has 0 aliphatic heterocycles. The van der Waals surface area contributed by atoms with Crippen LogP contribution in [0.3, 0.4) is 0 Å². The number of para-hydroxylation sites is 2. The van der Waals surface area contributed by atoms with Gasteiger partial charge >= 0.3 is 0 Å². The van der Waals surface area contributed by atoms with Crippen LogP contribution in [-0.2, 0) is 10.0 Å². The highest BCUT2D eigenvalue weighted by molar-refractivity contribution is 7.89. The van der Waals surface area contributed by atoms with E-state index in [2.05, 4.69) is 5.32 Å². The van der Waals surface area contributed by atoms with Crippen molar-refractivity contribution in [3.05, 3.63) is 48.0 Å². The van der Waals surface area contributed by atoms with Crippen LogP contribution in [0.15, 0.2) is 47.4 Å². The standard InChI is InChI=1S/C13H15N3O2S/c1-9-5-2-3-6-10(9)16-11-7-4-8-12(13(11)14)19(15,17)18/h2-8,16H,14H2,1H3,(H2,15,17,18). The molecule has 0 heterocycles. The molecular weight excluding hydrogens is 262 g/mol. The molecule has 0 aliphatic rings. The summed E-state index contributed by atoms with van der Waals surface area (Å²) < 4.78 is 22.8. The fourth-order valence-corrected chi connectivity index (χ4v) is 2.44. The summed E-state index contributed by atoms with van der Waals surface area (Å²) in [6.45, 7) is 1.95. The number of nitrogen functional groups attached to an aromatic ring is 1. The predicted octanol–water partition coefficient (Wildman–Crippen LogP) is 1.97. The summed E-state index contributed by atoms with van der Waals surface area (Å²) in [5.74, 6) is 0. The van der Waals surface area contributed by atoms with E-state index >= 15 is 0 Å². The van der Waals surface area contributed by atoms with Gasteiger partial charge in [-0.1, -0.05) is 24.3 Å². The lowest BCUT2D eigenvalue weighted by atomic mass is 10.2. The molecule has 2 aromatic rings. The zero-order valence-electron chi connectivity index (χ0n) is 10.4. The monoisotopic (exact) mass is 277 g/mol. The summed E-state index contributed by atoms with van der Waals surface area (Å²) in [7, 11) is -3.82. The second-order valence-electron chi connectivity index (χ2n) is 4.20. The Morgan fingerprint density at radius 2 is 1.63 bits per heavy atom. The Bertz CT molecular complexity index is 712. The molecule has 100 valence electrons. The highest BCUT2D eigenvalue weighted by atomic mass is 32.2. The van der Waals surface area contributed by atoms with Crippen LogP contribution in [0.4, 0.5) is 17.1 Å². The lowest BCUT2D eigenvalue weighted by molar-refractivity contribution is 0.598. The zero-order chi connectivity index (χ0) is 14.0. The van der Waals surface area contributed by atoms with Crippen LogP contribution >= 0.6 is 0 Å². The lowest BCUT2D eigenvalue weighted by Gasteiger charge is -2.13. The minimum absolute atomic E-state index is 0.0777. The molecule has 6 heteroatoms. The van der Waals surface area contributed by atoms with Gasteiger partial charge in [-0.15, -0.1) is 0 Å². The van der Waals surface area contributed by atoms with Gasteiger partial charge in [-0.25, -0.2) is 13.6 Å². The van der Waals surface area contributed by atoms with Gasteiger partial charge in [0.25, 0.3) is 0 Å². The third-order valence-electron chi connectivity index (χ3n) is 2.79. The second-order valence-corrected chi connectivity index (χ2v) is 5.73. The molecule has 0 radical (unpaired) electrons. The number of anilines is 3. The van der Waals surface area contributed by atoms with E-state index in [1.54, 1.807) is 12.1 Å². The number of nitrogens with one attached hydrogen (secondary N) is 1. The van der Waals surface area contributed by atoms with E-state index in [0.717, 1.165) is 11.3 Å². The van der Waals surface area contributed by atoms with Crippen LogP contribution in [0.25, 0.3) is 0 Å². The van der Waals surface area contributed by atoms with Crippen molar-refractivity contribution in [2.75, 3.05) is 11.1 Å². The van der Waals surface area contributed by atoms with E-state index in [9.17, 15) is 8.42 Å². The van der Waals surface area contributed by atoms with Crippen LogP contribution in [0.1, 0.15) is 5.56 Å². The first-order valence-electron chi connectivity index (χ1n) is 5.63. The predicted molar refractivity (Wildman–Crippen MR) is 76.7 cm³/mol. The molecule has 2 aromatic carbocycles. The van der Waals surface area contributed by atoms with Gasteiger partial charge < -0.3 is 11.1 Å². The molecule has 2 rings (SSSR count). The molecule has 0 spiro atoms. The Kier molecular flexibility index (Phi) is 3.46. The number of rotatable bonds is 3. The average Bonchev–Trinajstić information content (AvgIpc) is 2.33. The van der Waals surface area contributed by atoms with Gasteiger partial charge in [0, 0.05) is 5.69 Å². The normalized spacial score (nSPS) is 11.3. The van der Waals surface area contributed by atoms with Crippen molar-refractivity contribution in [3.8, 4) is 0 Å². The molecule has 0 bridgehead atoms. The summed E-state index contributed by atoms with van der Waals surface area (Å²) in [5.41, 5.74) is 8.37. The molecular formula is C13H15N3O2S. The third-order valence-corrected chi connectivity index (χ3v) is 3.76. The fourth-order valence-electron chi connectivity index (χ4n) is 1.76. The van der Waals surface area contributed by atoms with Crippen molar-refractivity contribution < 1.29 is 8.42 Å². The van der Waals surface area contributed by atoms with Crippen LogP contribution in [0.5, 0.6) is 0 Å². The second kappa shape index (κ2) is 4.91. The number of primary sulfonamides is 1. The Morgan fingerprint density at radius 1 is 1.00 bits per heavy atom. The minimum Gasteiger partial charge on any atom is -0.396 e. The van der Waals surface area contributed by atoms with Crippen molar-refractivity contribution in [2.45, 2.75) is 11.8 Å². The number of sulfonamides is 1. The van der Waals surface area contributed by atoms with E-state index in [1.807, 2.05) is 31.2 Å². The summed E-state index contributed by atoms with van der Waals surface area (Å²) >= 11 is 0. The first kappa shape index (κ1) is 13.4. The zero-order valence-corrected chi connectivity index (χ0v) is 11.2. The Labute approximate surface area is 112 Å². The maximum absolute atomic E-state index is 11.4. The minimum atomic E-state index is -3.82. The maximum Gasteiger partial charge on any atom is 0.240 e. The van der Waals surface area contributed by atoms with Gasteiger partial charge in [-0.3, -0.25) is 0 Å². The third kappa shape index (κ3) is 2.86. The van der Waals surface area contributed by atoms with Crippen LogP contribution < -0.4 is 16.2 Å². The van der Waals surface area contributed by atoms with Crippen LogP contribution in [0.2, 0.25) is 0 Å². The summed E-state index contributed by atoms with van der Waals surface area (Å²) in [6.07, 6.45) is 0. The Morgan fingerprint density at radius 3 is 2.26 bits per heavy atom. The van der Waals surface area contributed by atoms with Crippen molar-refractivity contribution in [3.63, 3.8) is 0 Å². The lowest BCUT2D eigenvalue weighted by Crippen LogP contribution is -2.15. The molecule has 0 aliphatic carbocycles. The first-order valence-corrected chi connectivity index (χ1v) is 7.18. The number of benzene rings is 2. The Balaban J connectivity index is 2.46. The number of aryl methyl sites for hydroxylation is 1. The van der Waals surface area contributed by atoms with Crippen molar-refractivity contribution in [1.82, 2.24) is 0 Å². The van der Waals surface area contributed by atoms with Gasteiger partial charge in [0.2, 0.25) is 10.0 Å².